The lowest BCUT2D eigenvalue weighted by Crippen LogP contribution is -2.53. The summed E-state index contributed by atoms with van der Waals surface area (Å²) < 4.78 is 28.2. The number of pyridine rings is 1. The number of halogens is 2. The van der Waals surface area contributed by atoms with Crippen LogP contribution >= 0.6 is 0 Å². The fraction of sp³-hybridized carbons (Fsp3) is 0.450. The molecule has 8 nitrogen and oxygen atoms in total. The number of aromatic nitrogens is 5. The van der Waals surface area contributed by atoms with Gasteiger partial charge >= 0.3 is 5.97 Å². The lowest BCUT2D eigenvalue weighted by atomic mass is 9.61. The van der Waals surface area contributed by atoms with E-state index >= 15 is 0 Å². The van der Waals surface area contributed by atoms with Crippen molar-refractivity contribution in [1.82, 2.24) is 25.1 Å². The fourth-order valence-corrected chi connectivity index (χ4v) is 5.78. The van der Waals surface area contributed by atoms with E-state index in [4.69, 9.17) is 0 Å². The molecule has 4 aliphatic rings. The van der Waals surface area contributed by atoms with Crippen molar-refractivity contribution in [3.63, 3.8) is 0 Å². The molecule has 4 aliphatic carbocycles. The molecule has 0 saturated heterocycles. The molecule has 10 heteroatoms. The highest BCUT2D eigenvalue weighted by Crippen LogP contribution is 2.64. The van der Waals surface area contributed by atoms with Gasteiger partial charge in [-0.15, -0.1) is 0 Å². The van der Waals surface area contributed by atoms with Gasteiger partial charge in [-0.05, 0) is 49.0 Å². The highest BCUT2D eigenvalue weighted by molar-refractivity contribution is 5.88. The number of hydrogen-bond acceptors (Lipinski definition) is 6. The molecule has 3 N–H and O–H groups in total. The van der Waals surface area contributed by atoms with Crippen molar-refractivity contribution in [3.8, 4) is 11.5 Å². The Morgan fingerprint density at radius 1 is 1.13 bits per heavy atom. The first-order valence-electron chi connectivity index (χ1n) is 10.0. The summed E-state index contributed by atoms with van der Waals surface area (Å²) in [6.45, 7) is 0. The maximum absolute atomic E-state index is 14.6. The first-order valence-corrected chi connectivity index (χ1v) is 10.0. The van der Waals surface area contributed by atoms with Gasteiger partial charge < -0.3 is 10.4 Å². The van der Waals surface area contributed by atoms with E-state index in [9.17, 15) is 18.7 Å². The number of nitrogens with zero attached hydrogens (tertiary/aromatic N) is 4. The molecule has 3 aromatic heterocycles. The highest BCUT2D eigenvalue weighted by Gasteiger charge is 2.63. The van der Waals surface area contributed by atoms with Crippen LogP contribution in [0.15, 0.2) is 18.5 Å². The number of H-pyrrole nitrogens is 1. The van der Waals surface area contributed by atoms with Crippen molar-refractivity contribution in [3.05, 3.63) is 30.1 Å². The highest BCUT2D eigenvalue weighted by atomic mass is 19.1. The lowest BCUT2D eigenvalue weighted by Gasteiger charge is -2.46. The van der Waals surface area contributed by atoms with Gasteiger partial charge in [0.25, 0.3) is 0 Å². The molecule has 2 bridgehead atoms. The third kappa shape index (κ3) is 2.52. The maximum atomic E-state index is 14.6. The van der Waals surface area contributed by atoms with Crippen molar-refractivity contribution in [2.24, 2.45) is 29.6 Å². The summed E-state index contributed by atoms with van der Waals surface area (Å²) >= 11 is 0. The van der Waals surface area contributed by atoms with Crippen LogP contribution in [0.1, 0.15) is 19.3 Å². The van der Waals surface area contributed by atoms with Crippen molar-refractivity contribution in [1.29, 1.82) is 0 Å². The first-order chi connectivity index (χ1) is 14.5. The summed E-state index contributed by atoms with van der Waals surface area (Å²) in [7, 11) is 0. The zero-order chi connectivity index (χ0) is 20.6. The van der Waals surface area contributed by atoms with Crippen LogP contribution in [0.5, 0.6) is 0 Å². The van der Waals surface area contributed by atoms with E-state index in [0.29, 0.717) is 28.6 Å². The Bertz CT molecular complexity index is 1180. The molecule has 3 heterocycles. The van der Waals surface area contributed by atoms with Gasteiger partial charge in [-0.3, -0.25) is 9.89 Å². The Hall–Kier alpha value is -3.17. The van der Waals surface area contributed by atoms with E-state index in [1.807, 2.05) is 0 Å². The minimum atomic E-state index is -0.844. The summed E-state index contributed by atoms with van der Waals surface area (Å²) in [6, 6.07) is 0.884. The van der Waals surface area contributed by atoms with Crippen LogP contribution in [0.2, 0.25) is 0 Å². The van der Waals surface area contributed by atoms with Gasteiger partial charge in [0.05, 0.1) is 23.7 Å². The number of anilines is 1. The Morgan fingerprint density at radius 3 is 2.77 bits per heavy atom. The number of aromatic amines is 1. The molecule has 4 fully saturated rings. The summed E-state index contributed by atoms with van der Waals surface area (Å²) in [4.78, 5) is 24.2. The molecule has 30 heavy (non-hydrogen) atoms. The van der Waals surface area contributed by atoms with E-state index in [1.165, 1.54) is 6.07 Å². The number of rotatable bonds is 4. The van der Waals surface area contributed by atoms with Gasteiger partial charge in [0, 0.05) is 6.04 Å². The fourth-order valence-electron chi connectivity index (χ4n) is 5.78. The minimum Gasteiger partial charge on any atom is -0.481 e. The number of fused-ring (bicyclic) bond motifs is 3. The predicted octanol–water partition coefficient (Wildman–Crippen LogP) is 2.85. The van der Waals surface area contributed by atoms with Crippen LogP contribution in [0.25, 0.3) is 22.6 Å². The van der Waals surface area contributed by atoms with Crippen molar-refractivity contribution in [2.75, 3.05) is 5.32 Å². The summed E-state index contributed by atoms with van der Waals surface area (Å²) in [5.74, 6) is -1.18. The van der Waals surface area contributed by atoms with Gasteiger partial charge in [0.1, 0.15) is 11.5 Å². The molecule has 0 amide bonds. The number of nitrogens with one attached hydrogen (secondary N) is 2. The molecule has 3 aromatic rings. The minimum absolute atomic E-state index is 0.0480. The standard InChI is InChI=1S/C20H18F2N6O2/c21-7-3-12-16(27-28-17(12)23-5-7)19-24-6-13(22)18(26-19)25-15-9-2-1-8(10-4-11(9)10)14(15)20(29)30/h3,5-6,8-11,14-15H,1-2,4H2,(H,29,30)(H,23,27,28)(H,24,25,26)/t8-,9+,10-,11+,14-,15-/m0/s1. The van der Waals surface area contributed by atoms with E-state index in [-0.39, 0.29) is 29.5 Å². The molecule has 4 saturated carbocycles. The zero-order valence-corrected chi connectivity index (χ0v) is 15.7. The molecule has 0 aliphatic heterocycles. The second-order valence-corrected chi connectivity index (χ2v) is 8.52. The van der Waals surface area contributed by atoms with Crippen molar-refractivity contribution in [2.45, 2.75) is 25.3 Å². The molecular formula is C20H18F2N6O2. The molecule has 154 valence electrons. The molecule has 0 spiro atoms. The largest absolute Gasteiger partial charge is 0.481 e. The molecule has 0 unspecified atom stereocenters. The van der Waals surface area contributed by atoms with Gasteiger partial charge in [0.2, 0.25) is 0 Å². The van der Waals surface area contributed by atoms with Crippen LogP contribution in [-0.4, -0.2) is 42.3 Å². The van der Waals surface area contributed by atoms with Gasteiger partial charge in [-0.25, -0.2) is 23.7 Å². The van der Waals surface area contributed by atoms with Gasteiger partial charge in [-0.1, -0.05) is 0 Å². The average Bonchev–Trinajstić information content (AvgIpc) is 3.45. The Morgan fingerprint density at radius 2 is 1.93 bits per heavy atom. The van der Waals surface area contributed by atoms with E-state index in [1.54, 1.807) is 0 Å². The molecule has 6 atom stereocenters. The monoisotopic (exact) mass is 412 g/mol. The Balaban J connectivity index is 1.37. The van der Waals surface area contributed by atoms with Crippen LogP contribution in [0.4, 0.5) is 14.6 Å². The number of carbonyl (C=O) groups is 1. The average molecular weight is 412 g/mol. The lowest BCUT2D eigenvalue weighted by molar-refractivity contribution is -0.148. The number of carboxylic acids is 1. The summed E-state index contributed by atoms with van der Waals surface area (Å²) in [5.41, 5.74) is 0.617. The smallest absolute Gasteiger partial charge is 0.308 e. The van der Waals surface area contributed by atoms with Gasteiger partial charge in [0.15, 0.2) is 23.1 Å². The van der Waals surface area contributed by atoms with Crippen LogP contribution in [0.3, 0.4) is 0 Å². The van der Waals surface area contributed by atoms with Crippen LogP contribution in [0, 0.1) is 41.2 Å². The third-order valence-electron chi connectivity index (χ3n) is 7.07. The number of hydrogen-bond donors (Lipinski definition) is 3. The maximum Gasteiger partial charge on any atom is 0.308 e. The zero-order valence-electron chi connectivity index (χ0n) is 15.7. The molecule has 0 aromatic carbocycles. The second kappa shape index (κ2) is 6.16. The predicted molar refractivity (Wildman–Crippen MR) is 101 cm³/mol. The first kappa shape index (κ1) is 17.7. The van der Waals surface area contributed by atoms with Crippen molar-refractivity contribution >= 4 is 22.8 Å². The normalized spacial score (nSPS) is 31.5. The van der Waals surface area contributed by atoms with E-state index in [0.717, 1.165) is 31.7 Å². The summed E-state index contributed by atoms with van der Waals surface area (Å²) in [5, 5.41) is 20.1. The SMILES string of the molecule is O=C(O)[C@H]1[C@H]2CC[C@H]([C@H]3C[C@H]32)[C@@H]1Nc1nc(-c2[nH]nc3ncc(F)cc23)ncc1F. The Kier molecular flexibility index (Phi) is 3.63. The van der Waals surface area contributed by atoms with Gasteiger partial charge in [-0.2, -0.15) is 5.10 Å². The summed E-state index contributed by atoms with van der Waals surface area (Å²) in [6.07, 6.45) is 5.01. The third-order valence-corrected chi connectivity index (χ3v) is 7.07. The molecule has 0 radical (unpaired) electrons. The molecule has 7 rings (SSSR count). The molecular weight excluding hydrogens is 394 g/mol. The second-order valence-electron chi connectivity index (χ2n) is 8.52. The van der Waals surface area contributed by atoms with Crippen molar-refractivity contribution < 1.29 is 18.7 Å². The van der Waals surface area contributed by atoms with E-state index in [2.05, 4.69) is 30.5 Å². The Labute approximate surface area is 169 Å². The van der Waals surface area contributed by atoms with Crippen LogP contribution in [-0.2, 0) is 4.79 Å². The number of carboxylic acid groups (broad SMARTS) is 1. The quantitative estimate of drug-likeness (QED) is 0.603. The number of aliphatic carboxylic acids is 1. The topological polar surface area (TPSA) is 117 Å². The van der Waals surface area contributed by atoms with E-state index < -0.39 is 23.5 Å². The van der Waals surface area contributed by atoms with Crippen LogP contribution < -0.4 is 5.32 Å².